The average Bonchev–Trinajstić information content (AvgIpc) is 3.17. The van der Waals surface area contributed by atoms with Crippen molar-refractivity contribution in [2.24, 2.45) is 0 Å². The Bertz CT molecular complexity index is 1270. The number of hydrogen-bond acceptors (Lipinski definition) is 4. The van der Waals surface area contributed by atoms with Crippen LogP contribution in [0.25, 0.3) is 10.8 Å². The minimum absolute atomic E-state index is 0.131. The van der Waals surface area contributed by atoms with E-state index in [9.17, 15) is 13.2 Å². The lowest BCUT2D eigenvalue weighted by atomic mass is 10.0. The predicted octanol–water partition coefficient (Wildman–Crippen LogP) is 4.44. The Labute approximate surface area is 189 Å². The van der Waals surface area contributed by atoms with Gasteiger partial charge >= 0.3 is 0 Å². The van der Waals surface area contributed by atoms with Gasteiger partial charge in [-0.3, -0.25) is 9.10 Å². The third-order valence-corrected chi connectivity index (χ3v) is 7.10. The van der Waals surface area contributed by atoms with Gasteiger partial charge in [0, 0.05) is 24.0 Å². The molecular weight excluding hydrogens is 424 g/mol. The zero-order chi connectivity index (χ0) is 22.9. The van der Waals surface area contributed by atoms with Crippen LogP contribution < -0.4 is 14.4 Å². The second kappa shape index (κ2) is 8.82. The highest BCUT2D eigenvalue weighted by molar-refractivity contribution is 7.92. The maximum absolute atomic E-state index is 12.7. The molecule has 0 radical (unpaired) electrons. The maximum atomic E-state index is 12.7. The molecule has 32 heavy (non-hydrogen) atoms. The molecule has 7 heteroatoms. The highest BCUT2D eigenvalue weighted by atomic mass is 32.2. The third-order valence-electron chi connectivity index (χ3n) is 5.92. The largest absolute Gasteiger partial charge is 0.495 e. The number of anilines is 2. The lowest BCUT2D eigenvalue weighted by Crippen LogP contribution is -2.32. The van der Waals surface area contributed by atoms with Gasteiger partial charge in [0.1, 0.15) is 5.75 Å². The Morgan fingerprint density at radius 2 is 1.84 bits per heavy atom. The summed E-state index contributed by atoms with van der Waals surface area (Å²) in [5, 5.41) is 5.33. The average molecular weight is 453 g/mol. The van der Waals surface area contributed by atoms with E-state index < -0.39 is 10.0 Å². The van der Waals surface area contributed by atoms with E-state index in [0.717, 1.165) is 29.5 Å². The highest BCUT2D eigenvalue weighted by Crippen LogP contribution is 2.35. The number of nitrogens with zero attached hydrogens (tertiary/aromatic N) is 1. The Hall–Kier alpha value is -3.06. The number of hydrogen-bond donors (Lipinski definition) is 1. The first kappa shape index (κ1) is 22.1. The number of ether oxygens (including phenoxy) is 1. The number of benzene rings is 3. The van der Waals surface area contributed by atoms with Gasteiger partial charge in [-0.25, -0.2) is 8.42 Å². The van der Waals surface area contributed by atoms with Crippen LogP contribution in [0.2, 0.25) is 0 Å². The normalized spacial score (nSPS) is 12.7. The number of aryl methyl sites for hydroxylation is 3. The van der Waals surface area contributed by atoms with Crippen LogP contribution in [-0.2, 0) is 27.7 Å². The van der Waals surface area contributed by atoms with Crippen molar-refractivity contribution in [2.75, 3.05) is 29.5 Å². The number of methoxy groups -OCH3 is 1. The number of nitrogens with one attached hydrogen (secondary N) is 1. The highest BCUT2D eigenvalue weighted by Gasteiger charge is 2.22. The lowest BCUT2D eigenvalue weighted by Gasteiger charge is -2.24. The zero-order valence-electron chi connectivity index (χ0n) is 18.6. The topological polar surface area (TPSA) is 75.7 Å². The fourth-order valence-electron chi connectivity index (χ4n) is 4.41. The smallest absolute Gasteiger partial charge is 0.232 e. The summed E-state index contributed by atoms with van der Waals surface area (Å²) < 4.78 is 31.6. The monoisotopic (exact) mass is 452 g/mol. The molecular formula is C25H28N2O4S. The molecule has 1 aliphatic carbocycles. The number of rotatable bonds is 8. The Kier molecular flexibility index (Phi) is 6.11. The molecule has 0 saturated carbocycles. The molecule has 3 aromatic rings. The molecule has 0 unspecified atom stereocenters. The summed E-state index contributed by atoms with van der Waals surface area (Å²) in [5.74, 6) is 0.353. The van der Waals surface area contributed by atoms with Crippen LogP contribution in [0.1, 0.15) is 29.5 Å². The van der Waals surface area contributed by atoms with Crippen LogP contribution in [-0.4, -0.2) is 34.2 Å². The quantitative estimate of drug-likeness (QED) is 0.548. The molecule has 0 fully saturated rings. The molecule has 0 atom stereocenters. The Morgan fingerprint density at radius 1 is 1.09 bits per heavy atom. The van der Waals surface area contributed by atoms with E-state index in [1.54, 1.807) is 12.1 Å². The summed E-state index contributed by atoms with van der Waals surface area (Å²) in [4.78, 5) is 12.7. The molecule has 0 saturated heterocycles. The number of carbonyl (C=O) groups is 1. The van der Waals surface area contributed by atoms with Crippen molar-refractivity contribution >= 4 is 38.1 Å². The van der Waals surface area contributed by atoms with Crippen molar-refractivity contribution in [2.45, 2.75) is 32.6 Å². The summed E-state index contributed by atoms with van der Waals surface area (Å²) in [6.07, 6.45) is 3.84. The molecule has 1 amide bonds. The number of carbonyl (C=O) groups excluding carboxylic acids is 1. The predicted molar refractivity (Wildman–Crippen MR) is 129 cm³/mol. The van der Waals surface area contributed by atoms with Crippen LogP contribution >= 0.6 is 0 Å². The van der Waals surface area contributed by atoms with E-state index in [4.69, 9.17) is 4.74 Å². The fourth-order valence-corrected chi connectivity index (χ4v) is 5.37. The first-order valence-corrected chi connectivity index (χ1v) is 12.6. The standard InChI is InChI=1S/C25H28N2O4S/c1-17-9-14-23(31-2)22(16-17)27(32(3,29)30)15-5-8-24(28)26-21-13-12-19-11-10-18-6-4-7-20(21)25(18)19/h4,6-7,9,12-14,16H,5,8,10-11,15H2,1-3H3,(H,26,28). The van der Waals surface area contributed by atoms with Crippen molar-refractivity contribution < 1.29 is 17.9 Å². The number of sulfonamides is 1. The summed E-state index contributed by atoms with van der Waals surface area (Å²) >= 11 is 0. The molecule has 6 nitrogen and oxygen atoms in total. The van der Waals surface area contributed by atoms with E-state index in [2.05, 4.69) is 17.4 Å². The first-order valence-electron chi connectivity index (χ1n) is 10.7. The van der Waals surface area contributed by atoms with Crippen molar-refractivity contribution in [3.8, 4) is 5.75 Å². The molecule has 0 aliphatic heterocycles. The van der Waals surface area contributed by atoms with Gasteiger partial charge in [-0.1, -0.05) is 30.3 Å². The van der Waals surface area contributed by atoms with Crippen LogP contribution in [0.5, 0.6) is 5.75 Å². The molecule has 0 aromatic heterocycles. The lowest BCUT2D eigenvalue weighted by molar-refractivity contribution is -0.116. The van der Waals surface area contributed by atoms with Gasteiger partial charge in [0.05, 0.1) is 19.1 Å². The van der Waals surface area contributed by atoms with Gasteiger partial charge in [-0.05, 0) is 66.5 Å². The van der Waals surface area contributed by atoms with Crippen LogP contribution in [0, 0.1) is 6.92 Å². The van der Waals surface area contributed by atoms with Gasteiger partial charge in [-0.2, -0.15) is 0 Å². The van der Waals surface area contributed by atoms with Gasteiger partial charge in [0.15, 0.2) is 0 Å². The molecule has 4 rings (SSSR count). The molecule has 1 N–H and O–H groups in total. The van der Waals surface area contributed by atoms with Crippen LogP contribution in [0.4, 0.5) is 11.4 Å². The Morgan fingerprint density at radius 3 is 2.56 bits per heavy atom. The SMILES string of the molecule is COc1ccc(C)cc1N(CCCC(=O)Nc1ccc2c3c(cccc13)CC2)S(C)(=O)=O. The summed E-state index contributed by atoms with van der Waals surface area (Å²) in [5.41, 5.74) is 4.87. The minimum Gasteiger partial charge on any atom is -0.495 e. The Balaban J connectivity index is 1.46. The number of amides is 1. The fraction of sp³-hybridized carbons (Fsp3) is 0.320. The molecule has 168 valence electrons. The molecule has 3 aromatic carbocycles. The van der Waals surface area contributed by atoms with Crippen molar-refractivity contribution in [1.29, 1.82) is 0 Å². The van der Waals surface area contributed by atoms with Gasteiger partial charge in [-0.15, -0.1) is 0 Å². The minimum atomic E-state index is -3.53. The zero-order valence-corrected chi connectivity index (χ0v) is 19.5. The van der Waals surface area contributed by atoms with Crippen LogP contribution in [0.15, 0.2) is 48.5 Å². The van der Waals surface area contributed by atoms with E-state index in [0.29, 0.717) is 17.9 Å². The molecule has 0 spiro atoms. The van der Waals surface area contributed by atoms with Crippen molar-refractivity contribution in [3.63, 3.8) is 0 Å². The summed E-state index contributed by atoms with van der Waals surface area (Å²) in [6.45, 7) is 2.09. The second-order valence-corrected chi connectivity index (χ2v) is 10.2. The van der Waals surface area contributed by atoms with Gasteiger partial charge < -0.3 is 10.1 Å². The van der Waals surface area contributed by atoms with E-state index in [1.165, 1.54) is 34.2 Å². The van der Waals surface area contributed by atoms with Gasteiger partial charge in [0.2, 0.25) is 15.9 Å². The summed E-state index contributed by atoms with van der Waals surface area (Å²) in [7, 11) is -2.02. The summed E-state index contributed by atoms with van der Waals surface area (Å²) in [6, 6.07) is 15.7. The molecule has 0 bridgehead atoms. The van der Waals surface area contributed by atoms with Gasteiger partial charge in [0.25, 0.3) is 0 Å². The van der Waals surface area contributed by atoms with E-state index >= 15 is 0 Å². The van der Waals surface area contributed by atoms with Crippen molar-refractivity contribution in [3.05, 3.63) is 65.2 Å². The third kappa shape index (κ3) is 4.43. The molecule has 0 heterocycles. The van der Waals surface area contributed by atoms with E-state index in [1.807, 2.05) is 31.2 Å². The first-order chi connectivity index (χ1) is 15.3. The van der Waals surface area contributed by atoms with Crippen molar-refractivity contribution in [1.82, 2.24) is 0 Å². The van der Waals surface area contributed by atoms with Crippen LogP contribution in [0.3, 0.4) is 0 Å². The maximum Gasteiger partial charge on any atom is 0.232 e. The second-order valence-electron chi connectivity index (χ2n) is 8.27. The molecule has 1 aliphatic rings. The van der Waals surface area contributed by atoms with E-state index in [-0.39, 0.29) is 18.9 Å².